The van der Waals surface area contributed by atoms with Crippen molar-refractivity contribution in [1.82, 2.24) is 10.9 Å². The summed E-state index contributed by atoms with van der Waals surface area (Å²) < 4.78 is 19.0. The molecule has 0 atom stereocenters. The van der Waals surface area contributed by atoms with Crippen LogP contribution < -0.4 is 20.9 Å². The molecule has 0 radical (unpaired) electrons. The first kappa shape index (κ1) is 18.2. The molecule has 126 valence electrons. The highest BCUT2D eigenvalue weighted by molar-refractivity contribution is 9.10. The van der Waals surface area contributed by atoms with Crippen LogP contribution in [0.1, 0.15) is 5.56 Å². The number of hydrogen-bond acceptors (Lipinski definition) is 3. The van der Waals surface area contributed by atoms with E-state index in [1.807, 2.05) is 19.1 Å². The molecule has 2 rings (SSSR count). The van der Waals surface area contributed by atoms with Gasteiger partial charge in [0.15, 0.2) is 11.7 Å². The zero-order chi connectivity index (χ0) is 17.5. The van der Waals surface area contributed by atoms with Crippen LogP contribution in [0.3, 0.4) is 0 Å². The molecule has 1 amide bonds. The maximum absolute atomic E-state index is 12.8. The van der Waals surface area contributed by atoms with Gasteiger partial charge >= 0.3 is 0 Å². The van der Waals surface area contributed by atoms with E-state index in [-0.39, 0.29) is 17.5 Å². The maximum Gasteiger partial charge on any atom is 0.276 e. The van der Waals surface area contributed by atoms with Gasteiger partial charge < -0.3 is 10.1 Å². The van der Waals surface area contributed by atoms with Crippen molar-refractivity contribution in [3.8, 4) is 5.75 Å². The third kappa shape index (κ3) is 5.78. The van der Waals surface area contributed by atoms with Gasteiger partial charge in [0.25, 0.3) is 5.91 Å². The van der Waals surface area contributed by atoms with E-state index in [4.69, 9.17) is 17.0 Å². The first-order valence-corrected chi connectivity index (χ1v) is 8.14. The quantitative estimate of drug-likeness (QED) is 0.532. The minimum absolute atomic E-state index is 0.173. The maximum atomic E-state index is 12.8. The van der Waals surface area contributed by atoms with E-state index < -0.39 is 5.91 Å². The first-order chi connectivity index (χ1) is 11.4. The van der Waals surface area contributed by atoms with Crippen molar-refractivity contribution in [2.24, 2.45) is 0 Å². The van der Waals surface area contributed by atoms with E-state index in [9.17, 15) is 9.18 Å². The zero-order valence-corrected chi connectivity index (χ0v) is 15.1. The molecule has 2 aromatic carbocycles. The van der Waals surface area contributed by atoms with Crippen molar-refractivity contribution in [3.05, 3.63) is 58.3 Å². The average Bonchev–Trinajstić information content (AvgIpc) is 2.54. The summed E-state index contributed by atoms with van der Waals surface area (Å²) in [6.07, 6.45) is 0. The second-order valence-electron chi connectivity index (χ2n) is 4.86. The number of hydrogen-bond donors (Lipinski definition) is 3. The lowest BCUT2D eigenvalue weighted by Crippen LogP contribution is -2.45. The fourth-order valence-electron chi connectivity index (χ4n) is 1.72. The molecule has 0 heterocycles. The summed E-state index contributed by atoms with van der Waals surface area (Å²) in [5.41, 5.74) is 6.63. The molecule has 0 spiro atoms. The van der Waals surface area contributed by atoms with Crippen LogP contribution in [0, 0.1) is 12.7 Å². The van der Waals surface area contributed by atoms with E-state index in [2.05, 4.69) is 32.1 Å². The third-order valence-corrected chi connectivity index (χ3v) is 3.69. The molecule has 8 heteroatoms. The summed E-state index contributed by atoms with van der Waals surface area (Å²) >= 11 is 8.39. The summed E-state index contributed by atoms with van der Waals surface area (Å²) in [4.78, 5) is 11.7. The molecule has 0 saturated carbocycles. The highest BCUT2D eigenvalue weighted by Crippen LogP contribution is 2.25. The minimum atomic E-state index is -0.397. The molecule has 24 heavy (non-hydrogen) atoms. The Morgan fingerprint density at radius 3 is 2.58 bits per heavy atom. The van der Waals surface area contributed by atoms with Gasteiger partial charge in [-0.1, -0.05) is 6.07 Å². The van der Waals surface area contributed by atoms with Crippen molar-refractivity contribution in [2.75, 3.05) is 11.9 Å². The van der Waals surface area contributed by atoms with Crippen LogP contribution in [0.2, 0.25) is 0 Å². The van der Waals surface area contributed by atoms with Crippen LogP contribution >= 0.6 is 28.1 Å². The highest BCUT2D eigenvalue weighted by atomic mass is 79.9. The molecule has 5 nitrogen and oxygen atoms in total. The summed E-state index contributed by atoms with van der Waals surface area (Å²) in [5.74, 6) is -0.166. The van der Waals surface area contributed by atoms with Crippen LogP contribution in [0.15, 0.2) is 46.9 Å². The Morgan fingerprint density at radius 2 is 1.92 bits per heavy atom. The molecular formula is C16H15BrFN3O2S. The van der Waals surface area contributed by atoms with Gasteiger partial charge in [0.05, 0.1) is 4.47 Å². The van der Waals surface area contributed by atoms with Crippen molar-refractivity contribution in [3.63, 3.8) is 0 Å². The normalized spacial score (nSPS) is 9.96. The smallest absolute Gasteiger partial charge is 0.276 e. The number of ether oxygens (including phenoxy) is 1. The summed E-state index contributed by atoms with van der Waals surface area (Å²) in [5, 5.41) is 2.98. The lowest BCUT2D eigenvalue weighted by Gasteiger charge is -2.12. The number of carbonyl (C=O) groups is 1. The number of halogens is 2. The Kier molecular flexibility index (Phi) is 6.51. The summed E-state index contributed by atoms with van der Waals surface area (Å²) in [6, 6.07) is 11.2. The average molecular weight is 412 g/mol. The Labute approximate surface area is 152 Å². The molecule has 0 bridgehead atoms. The molecule has 2 aromatic rings. The lowest BCUT2D eigenvalue weighted by atomic mass is 10.2. The number of benzene rings is 2. The fourth-order valence-corrected chi connectivity index (χ4v) is 2.50. The van der Waals surface area contributed by atoms with E-state index >= 15 is 0 Å². The first-order valence-electron chi connectivity index (χ1n) is 6.94. The third-order valence-electron chi connectivity index (χ3n) is 2.86. The van der Waals surface area contributed by atoms with Crippen molar-refractivity contribution < 1.29 is 13.9 Å². The van der Waals surface area contributed by atoms with Crippen molar-refractivity contribution in [1.29, 1.82) is 0 Å². The predicted octanol–water partition coefficient (Wildman–Crippen LogP) is 3.29. The number of anilines is 1. The molecule has 0 unspecified atom stereocenters. The Hall–Kier alpha value is -2.19. The van der Waals surface area contributed by atoms with Gasteiger partial charge in [0.2, 0.25) is 0 Å². The van der Waals surface area contributed by atoms with Crippen LogP contribution in [0.4, 0.5) is 10.1 Å². The molecule has 3 N–H and O–H groups in total. The standard InChI is InChI=1S/C16H15BrFN3O2S/c1-10-2-7-14(13(17)8-10)23-9-15(22)20-21-16(24)19-12-5-3-11(18)4-6-12/h2-8H,9H2,1H3,(H,20,22)(H2,19,21,24). The fraction of sp³-hybridized carbons (Fsp3) is 0.125. The van der Waals surface area contributed by atoms with E-state index in [0.717, 1.165) is 10.0 Å². The molecular weight excluding hydrogens is 397 g/mol. The number of thiocarbonyl (C=S) groups is 1. The van der Waals surface area contributed by atoms with E-state index in [1.165, 1.54) is 24.3 Å². The van der Waals surface area contributed by atoms with Crippen molar-refractivity contribution in [2.45, 2.75) is 6.92 Å². The van der Waals surface area contributed by atoms with E-state index in [0.29, 0.717) is 11.4 Å². The van der Waals surface area contributed by atoms with Gasteiger partial charge in [0, 0.05) is 5.69 Å². The number of hydrazine groups is 1. The van der Waals surface area contributed by atoms with Gasteiger partial charge in [-0.3, -0.25) is 15.6 Å². The second kappa shape index (κ2) is 8.60. The Balaban J connectivity index is 1.74. The van der Waals surface area contributed by atoms with Crippen LogP contribution in [0.5, 0.6) is 5.75 Å². The van der Waals surface area contributed by atoms with Crippen molar-refractivity contribution >= 4 is 44.9 Å². The van der Waals surface area contributed by atoms with Gasteiger partial charge in [-0.2, -0.15) is 0 Å². The number of rotatable bonds is 4. The van der Waals surface area contributed by atoms with Gasteiger partial charge in [-0.05, 0) is 77.0 Å². The Morgan fingerprint density at radius 1 is 1.21 bits per heavy atom. The topological polar surface area (TPSA) is 62.4 Å². The molecule has 0 aromatic heterocycles. The molecule has 0 aliphatic heterocycles. The number of nitrogens with one attached hydrogen (secondary N) is 3. The SMILES string of the molecule is Cc1ccc(OCC(=O)NNC(=S)Nc2ccc(F)cc2)c(Br)c1. The monoisotopic (exact) mass is 411 g/mol. The number of amides is 1. The summed E-state index contributed by atoms with van der Waals surface area (Å²) in [7, 11) is 0. The molecule has 0 aliphatic carbocycles. The van der Waals surface area contributed by atoms with Crippen LogP contribution in [0.25, 0.3) is 0 Å². The van der Waals surface area contributed by atoms with Gasteiger partial charge in [0.1, 0.15) is 11.6 Å². The molecule has 0 fully saturated rings. The Bertz CT molecular complexity index is 741. The zero-order valence-electron chi connectivity index (χ0n) is 12.7. The number of aryl methyl sites for hydroxylation is 1. The number of carbonyl (C=O) groups excluding carboxylic acids is 1. The second-order valence-corrected chi connectivity index (χ2v) is 6.12. The van der Waals surface area contributed by atoms with Gasteiger partial charge in [-0.15, -0.1) is 0 Å². The van der Waals surface area contributed by atoms with E-state index in [1.54, 1.807) is 6.07 Å². The molecule has 0 saturated heterocycles. The predicted molar refractivity (Wildman–Crippen MR) is 98.3 cm³/mol. The van der Waals surface area contributed by atoms with Gasteiger partial charge in [-0.25, -0.2) is 4.39 Å². The van der Waals surface area contributed by atoms with Crippen LogP contribution in [-0.4, -0.2) is 17.6 Å². The van der Waals surface area contributed by atoms with Crippen LogP contribution in [-0.2, 0) is 4.79 Å². The summed E-state index contributed by atoms with van der Waals surface area (Å²) in [6.45, 7) is 1.79. The molecule has 0 aliphatic rings. The minimum Gasteiger partial charge on any atom is -0.483 e. The highest BCUT2D eigenvalue weighted by Gasteiger charge is 2.06. The largest absolute Gasteiger partial charge is 0.483 e. The lowest BCUT2D eigenvalue weighted by molar-refractivity contribution is -0.123.